The third kappa shape index (κ3) is 6.34. The van der Waals surface area contributed by atoms with Gasteiger partial charge in [0.1, 0.15) is 0 Å². The topological polar surface area (TPSA) is 72.2 Å². The van der Waals surface area contributed by atoms with E-state index in [1.54, 1.807) is 6.92 Å². The van der Waals surface area contributed by atoms with E-state index in [1.165, 1.54) is 0 Å². The van der Waals surface area contributed by atoms with Crippen LogP contribution in [0.5, 0.6) is 0 Å². The summed E-state index contributed by atoms with van der Waals surface area (Å²) in [5, 5.41) is 0. The van der Waals surface area contributed by atoms with Crippen molar-refractivity contribution < 1.29 is 8.42 Å². The van der Waals surface area contributed by atoms with E-state index >= 15 is 0 Å². The molecular formula is C9H22N2O2S. The largest absolute Gasteiger partial charge is 0.329 e. The summed E-state index contributed by atoms with van der Waals surface area (Å²) in [6.45, 7) is 6.11. The van der Waals surface area contributed by atoms with Crippen molar-refractivity contribution >= 4 is 10.0 Å². The average molecular weight is 222 g/mol. The molecule has 0 aliphatic carbocycles. The van der Waals surface area contributed by atoms with Crippen molar-refractivity contribution in [2.75, 3.05) is 12.3 Å². The lowest BCUT2D eigenvalue weighted by Gasteiger charge is -2.15. The highest BCUT2D eigenvalue weighted by atomic mass is 32.2. The van der Waals surface area contributed by atoms with Gasteiger partial charge in [-0.3, -0.25) is 0 Å². The van der Waals surface area contributed by atoms with Gasteiger partial charge in [-0.1, -0.05) is 20.3 Å². The standard InChI is InChI=1S/C9H22N2O2S/c1-4-5-8(2)7-14(12,13)11-9(3)6-10/h8-9,11H,4-7,10H2,1-3H3/t8?,9-/m0/s1. The van der Waals surface area contributed by atoms with Gasteiger partial charge < -0.3 is 5.73 Å². The quantitative estimate of drug-likeness (QED) is 0.665. The maximum atomic E-state index is 11.5. The number of rotatable bonds is 7. The predicted octanol–water partition coefficient (Wildman–Crippen LogP) is 0.689. The third-order valence-electron chi connectivity index (χ3n) is 2.02. The highest BCUT2D eigenvalue weighted by molar-refractivity contribution is 7.89. The van der Waals surface area contributed by atoms with Crippen LogP contribution >= 0.6 is 0 Å². The van der Waals surface area contributed by atoms with Crippen molar-refractivity contribution in [2.45, 2.75) is 39.7 Å². The van der Waals surface area contributed by atoms with Crippen molar-refractivity contribution in [3.63, 3.8) is 0 Å². The monoisotopic (exact) mass is 222 g/mol. The van der Waals surface area contributed by atoms with Crippen LogP contribution in [0.3, 0.4) is 0 Å². The molecule has 3 N–H and O–H groups in total. The zero-order chi connectivity index (χ0) is 11.2. The van der Waals surface area contributed by atoms with Crippen molar-refractivity contribution in [2.24, 2.45) is 11.7 Å². The van der Waals surface area contributed by atoms with Crippen LogP contribution in [0, 0.1) is 5.92 Å². The Morgan fingerprint density at radius 2 is 1.93 bits per heavy atom. The molecule has 0 aromatic rings. The number of hydrogen-bond acceptors (Lipinski definition) is 3. The minimum absolute atomic E-state index is 0.172. The van der Waals surface area contributed by atoms with Gasteiger partial charge in [-0.2, -0.15) is 0 Å². The average Bonchev–Trinajstić information content (AvgIpc) is 2.02. The molecule has 1 unspecified atom stereocenters. The molecule has 5 heteroatoms. The van der Waals surface area contributed by atoms with Gasteiger partial charge in [0.05, 0.1) is 5.75 Å². The van der Waals surface area contributed by atoms with E-state index in [1.807, 2.05) is 6.92 Å². The van der Waals surface area contributed by atoms with Crippen LogP contribution < -0.4 is 10.5 Å². The normalized spacial score (nSPS) is 16.6. The zero-order valence-electron chi connectivity index (χ0n) is 9.29. The number of nitrogens with one attached hydrogen (secondary N) is 1. The number of sulfonamides is 1. The first kappa shape index (κ1) is 13.9. The third-order valence-corrected chi connectivity index (χ3v) is 3.79. The molecule has 0 aliphatic heterocycles. The van der Waals surface area contributed by atoms with Gasteiger partial charge in [0.25, 0.3) is 0 Å². The Morgan fingerprint density at radius 3 is 2.36 bits per heavy atom. The fourth-order valence-electron chi connectivity index (χ4n) is 1.35. The molecule has 86 valence electrons. The SMILES string of the molecule is CCCC(C)CS(=O)(=O)N[C@@H](C)CN. The molecule has 2 atom stereocenters. The van der Waals surface area contributed by atoms with Crippen molar-refractivity contribution in [3.05, 3.63) is 0 Å². The van der Waals surface area contributed by atoms with Crippen LogP contribution in [0.2, 0.25) is 0 Å². The lowest BCUT2D eigenvalue weighted by molar-refractivity contribution is 0.526. The highest BCUT2D eigenvalue weighted by Gasteiger charge is 2.16. The van der Waals surface area contributed by atoms with Gasteiger partial charge in [0.2, 0.25) is 10.0 Å². The summed E-state index contributed by atoms with van der Waals surface area (Å²) < 4.78 is 25.6. The van der Waals surface area contributed by atoms with Gasteiger partial charge in [-0.15, -0.1) is 0 Å². The molecule has 0 fully saturated rings. The van der Waals surface area contributed by atoms with E-state index in [4.69, 9.17) is 5.73 Å². The predicted molar refractivity (Wildman–Crippen MR) is 59.5 cm³/mol. The second-order valence-electron chi connectivity index (χ2n) is 3.93. The minimum atomic E-state index is -3.14. The maximum absolute atomic E-state index is 11.5. The summed E-state index contributed by atoms with van der Waals surface area (Å²) in [5.41, 5.74) is 5.34. The first-order valence-electron chi connectivity index (χ1n) is 5.11. The summed E-state index contributed by atoms with van der Waals surface area (Å²) in [5.74, 6) is 0.410. The second kappa shape index (κ2) is 6.37. The molecule has 4 nitrogen and oxygen atoms in total. The van der Waals surface area contributed by atoms with Gasteiger partial charge in [-0.05, 0) is 19.3 Å². The first-order valence-corrected chi connectivity index (χ1v) is 6.76. The molecule has 0 aromatic heterocycles. The molecule has 14 heavy (non-hydrogen) atoms. The minimum Gasteiger partial charge on any atom is -0.329 e. The van der Waals surface area contributed by atoms with Crippen LogP contribution in [0.1, 0.15) is 33.6 Å². The molecule has 0 saturated heterocycles. The molecule has 0 spiro atoms. The Morgan fingerprint density at radius 1 is 1.36 bits per heavy atom. The van der Waals surface area contributed by atoms with E-state index < -0.39 is 10.0 Å². The molecule has 0 amide bonds. The smallest absolute Gasteiger partial charge is 0.212 e. The lowest BCUT2D eigenvalue weighted by Crippen LogP contribution is -2.40. The molecule has 0 radical (unpaired) electrons. The van der Waals surface area contributed by atoms with E-state index in [2.05, 4.69) is 11.6 Å². The fourth-order valence-corrected chi connectivity index (χ4v) is 3.07. The summed E-state index contributed by atoms with van der Waals surface area (Å²) >= 11 is 0. The Kier molecular flexibility index (Phi) is 6.31. The number of nitrogens with two attached hydrogens (primary N) is 1. The maximum Gasteiger partial charge on any atom is 0.212 e. The number of hydrogen-bond donors (Lipinski definition) is 2. The summed E-state index contributed by atoms with van der Waals surface area (Å²) in [6.07, 6.45) is 1.96. The van der Waals surface area contributed by atoms with Crippen LogP contribution in [0.25, 0.3) is 0 Å². The van der Waals surface area contributed by atoms with Gasteiger partial charge in [0, 0.05) is 12.6 Å². The van der Waals surface area contributed by atoms with Crippen molar-refractivity contribution in [3.8, 4) is 0 Å². The van der Waals surface area contributed by atoms with Crippen LogP contribution in [-0.2, 0) is 10.0 Å². The summed E-state index contributed by atoms with van der Waals surface area (Å²) in [6, 6.07) is -0.172. The van der Waals surface area contributed by atoms with Gasteiger partial charge in [-0.25, -0.2) is 13.1 Å². The van der Waals surface area contributed by atoms with E-state index in [0.717, 1.165) is 12.8 Å². The van der Waals surface area contributed by atoms with Gasteiger partial charge >= 0.3 is 0 Å². The van der Waals surface area contributed by atoms with Crippen LogP contribution in [0.15, 0.2) is 0 Å². The Labute approximate surface area is 87.3 Å². The molecule has 0 heterocycles. The zero-order valence-corrected chi connectivity index (χ0v) is 10.1. The van der Waals surface area contributed by atoms with Crippen LogP contribution in [0.4, 0.5) is 0 Å². The second-order valence-corrected chi connectivity index (χ2v) is 5.73. The molecule has 0 aromatic carbocycles. The van der Waals surface area contributed by atoms with Crippen LogP contribution in [-0.4, -0.2) is 26.8 Å². The molecule has 0 rings (SSSR count). The van der Waals surface area contributed by atoms with E-state index in [0.29, 0.717) is 6.54 Å². The molecular weight excluding hydrogens is 200 g/mol. The molecule has 0 bridgehead atoms. The lowest BCUT2D eigenvalue weighted by atomic mass is 10.1. The Hall–Kier alpha value is -0.130. The molecule has 0 saturated carbocycles. The fraction of sp³-hybridized carbons (Fsp3) is 1.00. The van der Waals surface area contributed by atoms with E-state index in [9.17, 15) is 8.42 Å². The van der Waals surface area contributed by atoms with Crippen molar-refractivity contribution in [1.29, 1.82) is 0 Å². The van der Waals surface area contributed by atoms with E-state index in [-0.39, 0.29) is 17.7 Å². The van der Waals surface area contributed by atoms with Crippen molar-refractivity contribution in [1.82, 2.24) is 4.72 Å². The Bertz CT molecular complexity index is 239. The summed E-state index contributed by atoms with van der Waals surface area (Å²) in [4.78, 5) is 0. The first-order chi connectivity index (χ1) is 6.41. The Balaban J connectivity index is 4.07. The van der Waals surface area contributed by atoms with Gasteiger partial charge in [0.15, 0.2) is 0 Å². The molecule has 0 aliphatic rings. The summed E-state index contributed by atoms with van der Waals surface area (Å²) in [7, 11) is -3.14. The highest BCUT2D eigenvalue weighted by Crippen LogP contribution is 2.07.